The first kappa shape index (κ1) is 18.4. The van der Waals surface area contributed by atoms with Crippen LogP contribution >= 0.6 is 15.9 Å². The molecular weight excluding hydrogens is 418 g/mol. The van der Waals surface area contributed by atoms with Gasteiger partial charge >= 0.3 is 5.97 Å². The number of esters is 1. The highest BCUT2D eigenvalue weighted by molar-refractivity contribution is 9.10. The highest BCUT2D eigenvalue weighted by Gasteiger charge is 2.35. The molecule has 0 fully saturated rings. The number of pyridine rings is 2. The van der Waals surface area contributed by atoms with Gasteiger partial charge < -0.3 is 9.30 Å². The van der Waals surface area contributed by atoms with Gasteiger partial charge in [-0.3, -0.25) is 9.97 Å². The maximum atomic E-state index is 12.3. The Bertz CT molecular complexity index is 1100. The van der Waals surface area contributed by atoms with Gasteiger partial charge in [-0.1, -0.05) is 28.1 Å². The summed E-state index contributed by atoms with van der Waals surface area (Å²) < 4.78 is 7.87. The quantitative estimate of drug-likeness (QED) is 0.432. The largest absolute Gasteiger partial charge is 0.465 e. The minimum Gasteiger partial charge on any atom is -0.465 e. The number of hydrogen-bond acceptors (Lipinski definition) is 4. The van der Waals surface area contributed by atoms with Crippen LogP contribution in [-0.4, -0.2) is 27.6 Å². The molecule has 0 aliphatic heterocycles. The molecule has 3 aromatic heterocycles. The van der Waals surface area contributed by atoms with Gasteiger partial charge in [0, 0.05) is 28.4 Å². The first-order valence-electron chi connectivity index (χ1n) is 8.78. The van der Waals surface area contributed by atoms with E-state index in [4.69, 9.17) is 4.74 Å². The van der Waals surface area contributed by atoms with Crippen molar-refractivity contribution in [1.82, 2.24) is 14.5 Å². The molecule has 0 bridgehead atoms. The van der Waals surface area contributed by atoms with Gasteiger partial charge in [-0.05, 0) is 49.4 Å². The molecule has 0 spiro atoms. The molecule has 0 atom stereocenters. The van der Waals surface area contributed by atoms with E-state index in [0.29, 0.717) is 5.56 Å². The van der Waals surface area contributed by atoms with Crippen LogP contribution in [0.1, 0.15) is 28.7 Å². The van der Waals surface area contributed by atoms with E-state index in [1.807, 2.05) is 54.7 Å². The van der Waals surface area contributed by atoms with E-state index in [1.54, 1.807) is 18.5 Å². The number of fused-ring (bicyclic) bond motifs is 1. The van der Waals surface area contributed by atoms with Crippen LogP contribution < -0.4 is 0 Å². The summed E-state index contributed by atoms with van der Waals surface area (Å²) in [6, 6.07) is 17.4. The van der Waals surface area contributed by atoms with Crippen molar-refractivity contribution in [3.05, 3.63) is 94.6 Å². The summed E-state index contributed by atoms with van der Waals surface area (Å²) in [6.45, 7) is 2.08. The molecule has 6 heteroatoms. The molecule has 5 nitrogen and oxygen atoms in total. The van der Waals surface area contributed by atoms with Gasteiger partial charge in [-0.15, -0.1) is 0 Å². The Labute approximate surface area is 171 Å². The molecule has 4 aromatic rings. The van der Waals surface area contributed by atoms with Crippen LogP contribution in [0.25, 0.3) is 10.9 Å². The molecule has 0 aliphatic rings. The first-order chi connectivity index (χ1) is 13.6. The van der Waals surface area contributed by atoms with E-state index in [2.05, 4.69) is 37.4 Å². The third-order valence-electron chi connectivity index (χ3n) is 4.99. The zero-order valence-corrected chi connectivity index (χ0v) is 17.1. The third kappa shape index (κ3) is 2.90. The molecule has 0 unspecified atom stereocenters. The van der Waals surface area contributed by atoms with Crippen LogP contribution in [0.4, 0.5) is 0 Å². The second-order valence-corrected chi connectivity index (χ2v) is 7.48. The van der Waals surface area contributed by atoms with Crippen LogP contribution in [0.2, 0.25) is 0 Å². The maximum absolute atomic E-state index is 12.3. The molecule has 0 saturated heterocycles. The lowest BCUT2D eigenvalue weighted by atomic mass is 9.91. The molecule has 0 radical (unpaired) electrons. The molecule has 4 rings (SSSR count). The Hall–Kier alpha value is -2.99. The van der Waals surface area contributed by atoms with Crippen molar-refractivity contribution >= 4 is 32.8 Å². The van der Waals surface area contributed by atoms with Crippen LogP contribution in [0, 0.1) is 0 Å². The molecule has 1 aromatic carbocycles. The molecule has 0 N–H and O–H groups in total. The Morgan fingerprint density at radius 1 is 1.04 bits per heavy atom. The molecule has 0 amide bonds. The summed E-state index contributed by atoms with van der Waals surface area (Å²) in [5.74, 6) is -0.374. The standard InChI is InChI=1S/C22H18BrN3O2/c1-22(19-7-3-5-10-24-19,20-8-4-6-11-25-20)26-12-9-16-17(21(27)28-2)13-15(23)14-18(16)26/h3-14H,1-2H3. The van der Waals surface area contributed by atoms with Crippen LogP contribution in [0.15, 0.2) is 77.7 Å². The van der Waals surface area contributed by atoms with Crippen molar-refractivity contribution < 1.29 is 9.53 Å². The lowest BCUT2D eigenvalue weighted by molar-refractivity contribution is 0.0603. The van der Waals surface area contributed by atoms with Gasteiger partial charge in [0.2, 0.25) is 0 Å². The number of rotatable bonds is 4. The number of carbonyl (C=O) groups excluding carboxylic acids is 1. The Morgan fingerprint density at radius 3 is 2.21 bits per heavy atom. The minimum atomic E-state index is -0.668. The van der Waals surface area contributed by atoms with E-state index in [9.17, 15) is 4.79 Å². The fourth-order valence-corrected chi connectivity index (χ4v) is 4.00. The lowest BCUT2D eigenvalue weighted by Gasteiger charge is -2.31. The zero-order chi connectivity index (χ0) is 19.7. The van der Waals surface area contributed by atoms with Crippen molar-refractivity contribution in [2.75, 3.05) is 7.11 Å². The fourth-order valence-electron chi connectivity index (χ4n) is 3.56. The number of hydrogen-bond donors (Lipinski definition) is 0. The third-order valence-corrected chi connectivity index (χ3v) is 5.45. The fraction of sp³-hybridized carbons (Fsp3) is 0.136. The van der Waals surface area contributed by atoms with Crippen LogP contribution in [0.3, 0.4) is 0 Å². The number of ether oxygens (including phenoxy) is 1. The van der Waals surface area contributed by atoms with Crippen molar-refractivity contribution in [1.29, 1.82) is 0 Å². The van der Waals surface area contributed by atoms with Crippen molar-refractivity contribution in [3.63, 3.8) is 0 Å². The van der Waals surface area contributed by atoms with Crippen molar-refractivity contribution in [2.24, 2.45) is 0 Å². The average molecular weight is 436 g/mol. The van der Waals surface area contributed by atoms with Gasteiger partial charge in [0.25, 0.3) is 0 Å². The van der Waals surface area contributed by atoms with Gasteiger partial charge in [0.1, 0.15) is 5.54 Å². The molecule has 0 aliphatic carbocycles. The minimum absolute atomic E-state index is 0.374. The summed E-state index contributed by atoms with van der Waals surface area (Å²) in [4.78, 5) is 21.5. The van der Waals surface area contributed by atoms with E-state index in [1.165, 1.54) is 7.11 Å². The molecule has 140 valence electrons. The van der Waals surface area contributed by atoms with Gasteiger partial charge in [-0.25, -0.2) is 4.79 Å². The number of aromatic nitrogens is 3. The Balaban J connectivity index is 2.05. The summed E-state index contributed by atoms with van der Waals surface area (Å²) in [5, 5.41) is 0.813. The highest BCUT2D eigenvalue weighted by atomic mass is 79.9. The number of benzene rings is 1. The van der Waals surface area contributed by atoms with E-state index < -0.39 is 5.54 Å². The second kappa shape index (κ2) is 7.20. The lowest BCUT2D eigenvalue weighted by Crippen LogP contribution is -2.34. The summed E-state index contributed by atoms with van der Waals surface area (Å²) in [7, 11) is 1.39. The normalized spacial score (nSPS) is 11.5. The average Bonchev–Trinajstić information content (AvgIpc) is 3.17. The second-order valence-electron chi connectivity index (χ2n) is 6.57. The maximum Gasteiger partial charge on any atom is 0.338 e. The number of carbonyl (C=O) groups is 1. The van der Waals surface area contributed by atoms with Crippen molar-refractivity contribution in [2.45, 2.75) is 12.5 Å². The monoisotopic (exact) mass is 435 g/mol. The Morgan fingerprint density at radius 2 is 1.68 bits per heavy atom. The molecule has 3 heterocycles. The van der Waals surface area contributed by atoms with E-state index >= 15 is 0 Å². The van der Waals surface area contributed by atoms with Gasteiger partial charge in [0.05, 0.1) is 29.6 Å². The Kier molecular flexibility index (Phi) is 4.73. The van der Waals surface area contributed by atoms with Gasteiger partial charge in [0.15, 0.2) is 0 Å². The SMILES string of the molecule is COC(=O)c1cc(Br)cc2c1ccn2C(C)(c1ccccn1)c1ccccn1. The molecular formula is C22H18BrN3O2. The summed E-state index contributed by atoms with van der Waals surface area (Å²) in [6.07, 6.45) is 5.52. The number of halogens is 1. The number of nitrogens with zero attached hydrogens (tertiary/aromatic N) is 3. The van der Waals surface area contributed by atoms with Gasteiger partial charge in [-0.2, -0.15) is 0 Å². The van der Waals surface area contributed by atoms with Crippen LogP contribution in [0.5, 0.6) is 0 Å². The highest BCUT2D eigenvalue weighted by Crippen LogP contribution is 2.36. The molecule has 28 heavy (non-hydrogen) atoms. The summed E-state index contributed by atoms with van der Waals surface area (Å²) in [5.41, 5.74) is 2.43. The molecule has 0 saturated carbocycles. The predicted octanol–water partition coefficient (Wildman–Crippen LogP) is 4.79. The predicted molar refractivity (Wildman–Crippen MR) is 111 cm³/mol. The number of methoxy groups -OCH3 is 1. The topological polar surface area (TPSA) is 57.0 Å². The van der Waals surface area contributed by atoms with Crippen LogP contribution in [-0.2, 0) is 10.3 Å². The van der Waals surface area contributed by atoms with E-state index in [0.717, 1.165) is 26.8 Å². The zero-order valence-electron chi connectivity index (χ0n) is 15.5. The first-order valence-corrected chi connectivity index (χ1v) is 9.57. The summed E-state index contributed by atoms with van der Waals surface area (Å²) >= 11 is 3.53. The smallest absolute Gasteiger partial charge is 0.338 e. The van der Waals surface area contributed by atoms with E-state index in [-0.39, 0.29) is 5.97 Å². The van der Waals surface area contributed by atoms with Crippen molar-refractivity contribution in [3.8, 4) is 0 Å².